The lowest BCUT2D eigenvalue weighted by molar-refractivity contribution is -0.671. The van der Waals surface area contributed by atoms with E-state index in [-0.39, 0.29) is 0 Å². The maximum atomic E-state index is 6.20. The van der Waals surface area contributed by atoms with Crippen molar-refractivity contribution in [3.63, 3.8) is 0 Å². The minimum atomic E-state index is 0.569. The second kappa shape index (κ2) is 9.53. The number of methoxy groups -OCH3 is 3. The maximum absolute atomic E-state index is 6.20. The number of halogens is 1. The van der Waals surface area contributed by atoms with Crippen molar-refractivity contribution in [3.8, 4) is 28.6 Å². The molecule has 28 heavy (non-hydrogen) atoms. The molecule has 1 aromatic heterocycles. The van der Waals surface area contributed by atoms with Crippen LogP contribution in [-0.2, 0) is 13.0 Å². The fraction of sp³-hybridized carbons (Fsp3) is 0.273. The molecule has 0 unspecified atom stereocenters. The highest BCUT2D eigenvalue weighted by Gasteiger charge is 2.09. The molecule has 2 N–H and O–H groups in total. The number of hydrogen-bond donors (Lipinski definition) is 1. The Bertz CT molecular complexity index is 923. The third kappa shape index (κ3) is 4.80. The number of benzene rings is 2. The van der Waals surface area contributed by atoms with Crippen LogP contribution < -0.4 is 19.5 Å². The molecule has 0 atom stereocenters. The molecule has 0 saturated heterocycles. The van der Waals surface area contributed by atoms with Crippen molar-refractivity contribution in [1.29, 1.82) is 0 Å². The average molecular weight is 403 g/mol. The molecule has 0 spiro atoms. The number of ether oxygens (including phenoxy) is 3. The molecule has 6 heteroatoms. The second-order valence-corrected chi connectivity index (χ2v) is 6.74. The monoisotopic (exact) mass is 402 g/mol. The van der Waals surface area contributed by atoms with Crippen LogP contribution in [0.3, 0.4) is 0 Å². The third-order valence-corrected chi connectivity index (χ3v) is 4.82. The van der Waals surface area contributed by atoms with Crippen LogP contribution in [0, 0.1) is 0 Å². The zero-order valence-corrected chi connectivity index (χ0v) is 17.1. The summed E-state index contributed by atoms with van der Waals surface area (Å²) in [6, 6.07) is 15.6. The average Bonchev–Trinajstić information content (AvgIpc) is 3.20. The quantitative estimate of drug-likeness (QED) is 0.551. The fourth-order valence-electron chi connectivity index (χ4n) is 3.01. The number of nitrogens with two attached hydrogens (primary N) is 1. The Morgan fingerprint density at radius 2 is 1.61 bits per heavy atom. The largest absolute Gasteiger partial charge is 0.495 e. The van der Waals surface area contributed by atoms with Gasteiger partial charge in [-0.2, -0.15) is 0 Å². The minimum absolute atomic E-state index is 0.569. The molecule has 0 aliphatic carbocycles. The molecule has 0 radical (unpaired) electrons. The van der Waals surface area contributed by atoms with E-state index < -0.39 is 0 Å². The molecule has 148 valence electrons. The Kier molecular flexibility index (Phi) is 6.85. The van der Waals surface area contributed by atoms with Crippen LogP contribution in [-0.4, -0.2) is 27.9 Å². The minimum Gasteiger partial charge on any atom is -0.495 e. The molecule has 3 rings (SSSR count). The summed E-state index contributed by atoms with van der Waals surface area (Å²) in [6.45, 7) is 1.72. The summed E-state index contributed by atoms with van der Waals surface area (Å²) in [5.74, 6) is 3.88. The molecule has 0 bridgehead atoms. The van der Waals surface area contributed by atoms with Crippen LogP contribution in [0.1, 0.15) is 11.3 Å². The Balaban J connectivity index is 1.53. The van der Waals surface area contributed by atoms with Gasteiger partial charge in [-0.25, -0.2) is 0 Å². The first-order valence-electron chi connectivity index (χ1n) is 9.09. The van der Waals surface area contributed by atoms with E-state index >= 15 is 0 Å². The van der Waals surface area contributed by atoms with Crippen LogP contribution in [0.25, 0.3) is 11.3 Å². The predicted molar refractivity (Wildman–Crippen MR) is 109 cm³/mol. The van der Waals surface area contributed by atoms with Gasteiger partial charge in [-0.15, -0.1) is 0 Å². The van der Waals surface area contributed by atoms with E-state index in [2.05, 4.69) is 11.4 Å². The van der Waals surface area contributed by atoms with Gasteiger partial charge in [0.05, 0.1) is 32.9 Å². The van der Waals surface area contributed by atoms with E-state index in [1.54, 1.807) is 21.3 Å². The first-order valence-corrected chi connectivity index (χ1v) is 9.47. The molecule has 5 nitrogen and oxygen atoms in total. The standard InChI is InChI=1S/C22H24ClNO4/c1-25-20-8-5-16(13-18(20)23)19-9-6-17(28-19)14-24-11-10-15-4-7-21(26-2)22(12-15)27-3/h4-9,12-13,24H,10-11,14H2,1-3H3/p+1. The smallest absolute Gasteiger partial charge is 0.160 e. The Labute approximate surface area is 170 Å². The highest BCUT2D eigenvalue weighted by Crippen LogP contribution is 2.31. The molecule has 0 amide bonds. The summed E-state index contributed by atoms with van der Waals surface area (Å²) in [5, 5.41) is 2.79. The second-order valence-electron chi connectivity index (χ2n) is 6.34. The topological polar surface area (TPSA) is 57.4 Å². The first-order chi connectivity index (χ1) is 13.6. The van der Waals surface area contributed by atoms with E-state index in [9.17, 15) is 0 Å². The van der Waals surface area contributed by atoms with Gasteiger partial charge in [-0.05, 0) is 48.0 Å². The zero-order chi connectivity index (χ0) is 19.9. The highest BCUT2D eigenvalue weighted by molar-refractivity contribution is 6.32. The van der Waals surface area contributed by atoms with Crippen molar-refractivity contribution in [2.24, 2.45) is 0 Å². The number of quaternary nitrogens is 1. The fourth-order valence-corrected chi connectivity index (χ4v) is 3.27. The van der Waals surface area contributed by atoms with Gasteiger partial charge in [0.25, 0.3) is 0 Å². The van der Waals surface area contributed by atoms with E-state index in [1.807, 2.05) is 42.5 Å². The van der Waals surface area contributed by atoms with E-state index in [0.717, 1.165) is 48.1 Å². The van der Waals surface area contributed by atoms with Crippen molar-refractivity contribution in [1.82, 2.24) is 0 Å². The molecule has 0 fully saturated rings. The molecular formula is C22H25ClNO4+. The predicted octanol–water partition coefficient (Wildman–Crippen LogP) is 3.93. The lowest BCUT2D eigenvalue weighted by Crippen LogP contribution is -2.83. The summed E-state index contributed by atoms with van der Waals surface area (Å²) in [7, 11) is 4.89. The van der Waals surface area contributed by atoms with Crippen molar-refractivity contribution < 1.29 is 23.9 Å². The summed E-state index contributed by atoms with van der Waals surface area (Å²) in [4.78, 5) is 0. The van der Waals surface area contributed by atoms with Crippen LogP contribution >= 0.6 is 11.6 Å². The maximum Gasteiger partial charge on any atom is 0.160 e. The van der Waals surface area contributed by atoms with Gasteiger partial charge in [0.2, 0.25) is 0 Å². The van der Waals surface area contributed by atoms with Gasteiger partial charge in [0, 0.05) is 12.0 Å². The van der Waals surface area contributed by atoms with Crippen molar-refractivity contribution in [3.05, 3.63) is 64.9 Å². The molecule has 0 aliphatic rings. The summed E-state index contributed by atoms with van der Waals surface area (Å²) in [6.07, 6.45) is 0.933. The summed E-state index contributed by atoms with van der Waals surface area (Å²) < 4.78 is 21.8. The number of hydrogen-bond acceptors (Lipinski definition) is 4. The van der Waals surface area contributed by atoms with E-state index in [4.69, 9.17) is 30.2 Å². The van der Waals surface area contributed by atoms with Gasteiger partial charge in [0.15, 0.2) is 17.3 Å². The first kappa shape index (κ1) is 20.1. The molecule has 0 aliphatic heterocycles. The van der Waals surface area contributed by atoms with Gasteiger partial charge in [-0.1, -0.05) is 17.7 Å². The van der Waals surface area contributed by atoms with E-state index in [0.29, 0.717) is 10.8 Å². The molecule has 3 aromatic rings. The number of furan rings is 1. The van der Waals surface area contributed by atoms with Crippen molar-refractivity contribution in [2.45, 2.75) is 13.0 Å². The summed E-state index contributed by atoms with van der Waals surface area (Å²) >= 11 is 6.20. The van der Waals surface area contributed by atoms with Crippen LogP contribution in [0.4, 0.5) is 0 Å². The Morgan fingerprint density at radius 1 is 0.857 bits per heavy atom. The molecule has 1 heterocycles. The lowest BCUT2D eigenvalue weighted by atomic mass is 10.1. The zero-order valence-electron chi connectivity index (χ0n) is 16.3. The molecule has 2 aromatic carbocycles. The molecular weight excluding hydrogens is 378 g/mol. The van der Waals surface area contributed by atoms with Crippen LogP contribution in [0.5, 0.6) is 17.2 Å². The summed E-state index contributed by atoms with van der Waals surface area (Å²) in [5.41, 5.74) is 2.14. The van der Waals surface area contributed by atoms with Crippen LogP contribution in [0.15, 0.2) is 52.9 Å². The normalized spacial score (nSPS) is 10.7. The van der Waals surface area contributed by atoms with Crippen molar-refractivity contribution in [2.75, 3.05) is 27.9 Å². The molecule has 0 saturated carbocycles. The highest BCUT2D eigenvalue weighted by atomic mass is 35.5. The SMILES string of the molecule is COc1ccc(-c2ccc(C[NH2+]CCc3ccc(OC)c(OC)c3)o2)cc1Cl. The van der Waals surface area contributed by atoms with Crippen molar-refractivity contribution >= 4 is 11.6 Å². The van der Waals surface area contributed by atoms with Gasteiger partial charge >= 0.3 is 0 Å². The van der Waals surface area contributed by atoms with Gasteiger partial charge in [0.1, 0.15) is 18.1 Å². The lowest BCUT2D eigenvalue weighted by Gasteiger charge is -2.09. The number of rotatable bonds is 9. The van der Waals surface area contributed by atoms with Gasteiger partial charge < -0.3 is 23.9 Å². The van der Waals surface area contributed by atoms with Crippen LogP contribution in [0.2, 0.25) is 5.02 Å². The van der Waals surface area contributed by atoms with Gasteiger partial charge in [-0.3, -0.25) is 0 Å². The Hall–Kier alpha value is -2.63. The third-order valence-electron chi connectivity index (χ3n) is 4.53. The Morgan fingerprint density at radius 3 is 2.32 bits per heavy atom. The van der Waals surface area contributed by atoms with E-state index in [1.165, 1.54) is 5.56 Å².